The molecule has 104 valence electrons. The summed E-state index contributed by atoms with van der Waals surface area (Å²) in [5.41, 5.74) is 6.46. The highest BCUT2D eigenvalue weighted by atomic mass is 16.3. The summed E-state index contributed by atoms with van der Waals surface area (Å²) in [4.78, 5) is 17.3. The predicted molar refractivity (Wildman–Crippen MR) is 74.1 cm³/mol. The molecule has 1 aromatic rings. The number of aliphatic hydroxyl groups excluding tert-OH is 1. The Bertz CT molecular complexity index is 430. The third-order valence-corrected chi connectivity index (χ3v) is 3.68. The molecule has 1 amide bonds. The molecule has 0 unspecified atom stereocenters. The van der Waals surface area contributed by atoms with Gasteiger partial charge in [0.2, 0.25) is 0 Å². The minimum Gasteiger partial charge on any atom is -0.395 e. The molecule has 0 bridgehead atoms. The van der Waals surface area contributed by atoms with Crippen molar-refractivity contribution in [1.29, 1.82) is 0 Å². The lowest BCUT2D eigenvalue weighted by Crippen LogP contribution is -2.39. The van der Waals surface area contributed by atoms with Crippen molar-refractivity contribution >= 4 is 11.6 Å². The van der Waals surface area contributed by atoms with E-state index >= 15 is 0 Å². The first kappa shape index (κ1) is 13.8. The van der Waals surface area contributed by atoms with Gasteiger partial charge in [-0.15, -0.1) is 0 Å². The number of carbonyl (C=O) groups excluding carboxylic acids is 1. The summed E-state index contributed by atoms with van der Waals surface area (Å²) in [7, 11) is 0. The zero-order valence-corrected chi connectivity index (χ0v) is 11.1. The number of anilines is 1. The maximum absolute atomic E-state index is 11.2. The number of primary amides is 1. The molecule has 2 rings (SSSR count). The van der Waals surface area contributed by atoms with Crippen molar-refractivity contribution in [2.75, 3.05) is 18.1 Å². The molecule has 5 nitrogen and oxygen atoms in total. The fourth-order valence-corrected chi connectivity index (χ4v) is 2.76. The van der Waals surface area contributed by atoms with Crippen molar-refractivity contribution < 1.29 is 9.90 Å². The highest BCUT2D eigenvalue weighted by Crippen LogP contribution is 2.27. The van der Waals surface area contributed by atoms with Crippen LogP contribution in [-0.4, -0.2) is 35.2 Å². The van der Waals surface area contributed by atoms with Gasteiger partial charge in [-0.1, -0.05) is 19.3 Å². The Morgan fingerprint density at radius 2 is 2.16 bits per heavy atom. The lowest BCUT2D eigenvalue weighted by molar-refractivity contribution is 0.0995. The van der Waals surface area contributed by atoms with Gasteiger partial charge in [-0.2, -0.15) is 0 Å². The molecule has 0 spiro atoms. The average molecular weight is 263 g/mol. The van der Waals surface area contributed by atoms with Crippen LogP contribution in [0.2, 0.25) is 0 Å². The molecule has 19 heavy (non-hydrogen) atoms. The molecule has 0 aliphatic heterocycles. The number of amides is 1. The van der Waals surface area contributed by atoms with E-state index in [4.69, 9.17) is 5.73 Å². The molecule has 1 fully saturated rings. The molecule has 0 aromatic carbocycles. The van der Waals surface area contributed by atoms with Crippen molar-refractivity contribution in [1.82, 2.24) is 4.98 Å². The van der Waals surface area contributed by atoms with Crippen LogP contribution < -0.4 is 10.6 Å². The largest absolute Gasteiger partial charge is 0.395 e. The zero-order valence-electron chi connectivity index (χ0n) is 11.1. The van der Waals surface area contributed by atoms with Crippen LogP contribution in [0.1, 0.15) is 42.6 Å². The summed E-state index contributed by atoms with van der Waals surface area (Å²) in [6.45, 7) is 0.678. The Morgan fingerprint density at radius 1 is 1.42 bits per heavy atom. The standard InChI is InChI=1S/C14H21N3O2/c15-14(19)13-10-12(6-7-16-13)17(8-9-18)11-4-2-1-3-5-11/h6-7,10-11,18H,1-5,8-9H2,(H2,15,19). The second kappa shape index (κ2) is 6.52. The fraction of sp³-hybridized carbons (Fsp3) is 0.571. The van der Waals surface area contributed by atoms with Gasteiger partial charge in [0, 0.05) is 24.5 Å². The number of aromatic nitrogens is 1. The summed E-state index contributed by atoms with van der Waals surface area (Å²) < 4.78 is 0. The first-order valence-corrected chi connectivity index (χ1v) is 6.85. The zero-order chi connectivity index (χ0) is 13.7. The third kappa shape index (κ3) is 3.44. The van der Waals surface area contributed by atoms with E-state index in [9.17, 15) is 9.90 Å². The third-order valence-electron chi connectivity index (χ3n) is 3.68. The Balaban J connectivity index is 2.22. The number of carbonyl (C=O) groups is 1. The monoisotopic (exact) mass is 263 g/mol. The van der Waals surface area contributed by atoms with E-state index < -0.39 is 5.91 Å². The number of rotatable bonds is 5. The minimum absolute atomic E-state index is 0.102. The molecule has 1 aromatic heterocycles. The number of hydrogen-bond donors (Lipinski definition) is 2. The SMILES string of the molecule is NC(=O)c1cc(N(CCO)C2CCCCC2)ccn1. The second-order valence-corrected chi connectivity index (χ2v) is 4.97. The Labute approximate surface area is 113 Å². The van der Waals surface area contributed by atoms with Crippen LogP contribution in [0.15, 0.2) is 18.3 Å². The summed E-state index contributed by atoms with van der Waals surface area (Å²) in [6.07, 6.45) is 7.60. The number of pyridine rings is 1. The number of nitrogens with two attached hydrogens (primary N) is 1. The lowest BCUT2D eigenvalue weighted by atomic mass is 9.94. The van der Waals surface area contributed by atoms with E-state index in [0.717, 1.165) is 18.5 Å². The second-order valence-electron chi connectivity index (χ2n) is 4.97. The van der Waals surface area contributed by atoms with Gasteiger partial charge >= 0.3 is 0 Å². The number of aliphatic hydroxyl groups is 1. The summed E-state index contributed by atoms with van der Waals surface area (Å²) in [5, 5.41) is 9.26. The Morgan fingerprint density at radius 3 is 2.79 bits per heavy atom. The van der Waals surface area contributed by atoms with Crippen molar-refractivity contribution in [3.8, 4) is 0 Å². The van der Waals surface area contributed by atoms with Gasteiger partial charge in [-0.25, -0.2) is 0 Å². The normalized spacial score (nSPS) is 16.3. The maximum Gasteiger partial charge on any atom is 0.267 e. The van der Waals surface area contributed by atoms with Crippen LogP contribution in [0, 0.1) is 0 Å². The van der Waals surface area contributed by atoms with Crippen molar-refractivity contribution in [3.05, 3.63) is 24.0 Å². The van der Waals surface area contributed by atoms with E-state index in [0.29, 0.717) is 12.6 Å². The molecule has 5 heteroatoms. The Kier molecular flexibility index (Phi) is 4.74. The quantitative estimate of drug-likeness (QED) is 0.839. The molecule has 1 heterocycles. The van der Waals surface area contributed by atoms with Gasteiger partial charge < -0.3 is 15.7 Å². The first-order chi connectivity index (χ1) is 9.22. The first-order valence-electron chi connectivity index (χ1n) is 6.85. The van der Waals surface area contributed by atoms with E-state index in [1.807, 2.05) is 6.07 Å². The van der Waals surface area contributed by atoms with Crippen LogP contribution in [0.5, 0.6) is 0 Å². The van der Waals surface area contributed by atoms with Crippen molar-refractivity contribution in [2.24, 2.45) is 5.73 Å². The van der Waals surface area contributed by atoms with E-state index in [-0.39, 0.29) is 12.3 Å². The fourth-order valence-electron chi connectivity index (χ4n) is 2.76. The molecule has 3 N–H and O–H groups in total. The predicted octanol–water partition coefficient (Wildman–Crippen LogP) is 1.31. The summed E-state index contributed by atoms with van der Waals surface area (Å²) in [6, 6.07) is 4.02. The van der Waals surface area contributed by atoms with E-state index in [1.54, 1.807) is 12.3 Å². The van der Waals surface area contributed by atoms with Gasteiger partial charge in [-0.3, -0.25) is 9.78 Å². The molecule has 1 aliphatic rings. The number of nitrogens with zero attached hydrogens (tertiary/aromatic N) is 2. The topological polar surface area (TPSA) is 79.5 Å². The Hall–Kier alpha value is -1.62. The van der Waals surface area contributed by atoms with Crippen LogP contribution >= 0.6 is 0 Å². The van der Waals surface area contributed by atoms with Crippen LogP contribution in [-0.2, 0) is 0 Å². The minimum atomic E-state index is -0.519. The van der Waals surface area contributed by atoms with Gasteiger partial charge in [0.05, 0.1) is 6.61 Å². The molecule has 0 atom stereocenters. The van der Waals surface area contributed by atoms with Crippen LogP contribution in [0.4, 0.5) is 5.69 Å². The average Bonchev–Trinajstić information content (AvgIpc) is 2.46. The van der Waals surface area contributed by atoms with E-state index in [1.165, 1.54) is 19.3 Å². The lowest BCUT2D eigenvalue weighted by Gasteiger charge is -2.35. The molecule has 1 saturated carbocycles. The molecule has 0 radical (unpaired) electrons. The van der Waals surface area contributed by atoms with Crippen LogP contribution in [0.25, 0.3) is 0 Å². The van der Waals surface area contributed by atoms with Crippen molar-refractivity contribution in [2.45, 2.75) is 38.1 Å². The van der Waals surface area contributed by atoms with Gasteiger partial charge in [0.1, 0.15) is 5.69 Å². The summed E-state index contributed by atoms with van der Waals surface area (Å²) >= 11 is 0. The highest BCUT2D eigenvalue weighted by molar-refractivity contribution is 5.91. The smallest absolute Gasteiger partial charge is 0.267 e. The van der Waals surface area contributed by atoms with E-state index in [2.05, 4.69) is 9.88 Å². The van der Waals surface area contributed by atoms with Gasteiger partial charge in [-0.05, 0) is 25.0 Å². The maximum atomic E-state index is 11.2. The highest BCUT2D eigenvalue weighted by Gasteiger charge is 2.21. The molecule has 1 aliphatic carbocycles. The van der Waals surface area contributed by atoms with Gasteiger partial charge in [0.15, 0.2) is 0 Å². The van der Waals surface area contributed by atoms with Crippen LogP contribution in [0.3, 0.4) is 0 Å². The molecule has 0 saturated heterocycles. The summed E-state index contributed by atoms with van der Waals surface area (Å²) in [5.74, 6) is -0.519. The molecular formula is C14H21N3O2. The van der Waals surface area contributed by atoms with Gasteiger partial charge in [0.25, 0.3) is 5.91 Å². The molecular weight excluding hydrogens is 242 g/mol. The number of hydrogen-bond acceptors (Lipinski definition) is 4. The van der Waals surface area contributed by atoms with Crippen molar-refractivity contribution in [3.63, 3.8) is 0 Å².